The number of nitrogens with zero attached hydrogens (tertiary/aromatic N) is 2. The van der Waals surface area contributed by atoms with Crippen LogP contribution < -0.4 is 4.90 Å². The van der Waals surface area contributed by atoms with Crippen molar-refractivity contribution < 1.29 is 0 Å². The average Bonchev–Trinajstić information content (AvgIpc) is 2.58. The van der Waals surface area contributed by atoms with Crippen molar-refractivity contribution in [1.82, 2.24) is 4.98 Å². The van der Waals surface area contributed by atoms with Crippen LogP contribution in [0.5, 0.6) is 0 Å². The molecule has 0 fully saturated rings. The molecular formula is C11H10N2S. The molecule has 2 rings (SSSR count). The number of aromatic nitrogens is 1. The molecule has 0 aliphatic heterocycles. The maximum Gasteiger partial charge on any atom is 0.167 e. The summed E-state index contributed by atoms with van der Waals surface area (Å²) in [7, 11) is 4.04. The molecule has 0 spiro atoms. The van der Waals surface area contributed by atoms with E-state index in [-0.39, 0.29) is 0 Å². The molecule has 0 aliphatic carbocycles. The normalized spacial score (nSPS) is 10.1. The smallest absolute Gasteiger partial charge is 0.167 e. The highest BCUT2D eigenvalue weighted by atomic mass is 32.1. The Labute approximate surface area is 87.2 Å². The van der Waals surface area contributed by atoms with Gasteiger partial charge in [-0.05, 0) is 24.1 Å². The van der Waals surface area contributed by atoms with E-state index >= 15 is 0 Å². The zero-order valence-electron chi connectivity index (χ0n) is 8.11. The number of anilines is 1. The minimum Gasteiger partial charge on any atom is -0.378 e. The molecule has 2 aromatic rings. The van der Waals surface area contributed by atoms with E-state index in [1.54, 1.807) is 11.3 Å². The third-order valence-electron chi connectivity index (χ3n) is 2.01. The van der Waals surface area contributed by atoms with Gasteiger partial charge in [-0.15, -0.1) is 17.8 Å². The van der Waals surface area contributed by atoms with Gasteiger partial charge in [-0.1, -0.05) is 0 Å². The second kappa shape index (κ2) is 3.32. The van der Waals surface area contributed by atoms with Crippen molar-refractivity contribution in [3.8, 4) is 12.3 Å². The van der Waals surface area contributed by atoms with Crippen molar-refractivity contribution >= 4 is 27.2 Å². The van der Waals surface area contributed by atoms with Crippen LogP contribution in [-0.4, -0.2) is 19.1 Å². The van der Waals surface area contributed by atoms with Crippen LogP contribution in [0, 0.1) is 12.3 Å². The van der Waals surface area contributed by atoms with Gasteiger partial charge in [0.15, 0.2) is 5.01 Å². The maximum atomic E-state index is 5.30. The van der Waals surface area contributed by atoms with Gasteiger partial charge in [0.2, 0.25) is 0 Å². The lowest BCUT2D eigenvalue weighted by atomic mass is 10.3. The molecule has 3 heteroatoms. The Balaban J connectivity index is 2.61. The molecule has 0 aliphatic rings. The third-order valence-corrected chi connectivity index (χ3v) is 2.96. The summed E-state index contributed by atoms with van der Waals surface area (Å²) in [5, 5.41) is 0.746. The summed E-state index contributed by atoms with van der Waals surface area (Å²) in [5.74, 6) is 2.56. The van der Waals surface area contributed by atoms with Crippen molar-refractivity contribution in [2.75, 3.05) is 19.0 Å². The average molecular weight is 202 g/mol. The fourth-order valence-corrected chi connectivity index (χ4v) is 2.06. The minimum atomic E-state index is 0.746. The molecule has 0 unspecified atom stereocenters. The van der Waals surface area contributed by atoms with Gasteiger partial charge in [-0.2, -0.15) is 0 Å². The van der Waals surface area contributed by atoms with Crippen LogP contribution in [0.25, 0.3) is 10.2 Å². The first-order chi connectivity index (χ1) is 6.70. The molecule has 1 aromatic carbocycles. The molecule has 2 nitrogen and oxygen atoms in total. The van der Waals surface area contributed by atoms with Crippen LogP contribution in [0.15, 0.2) is 18.2 Å². The van der Waals surface area contributed by atoms with Gasteiger partial charge in [-0.3, -0.25) is 0 Å². The molecular weight excluding hydrogens is 192 g/mol. The van der Waals surface area contributed by atoms with E-state index in [1.807, 2.05) is 26.2 Å². The third kappa shape index (κ3) is 1.45. The van der Waals surface area contributed by atoms with Gasteiger partial charge in [0.25, 0.3) is 0 Å². The van der Waals surface area contributed by atoms with Gasteiger partial charge >= 0.3 is 0 Å². The standard InChI is InChI=1S/C11H10N2S/c1-4-11-12-9-6-5-8(13(2)3)7-10(9)14-11/h1,5-7H,2-3H3. The molecule has 0 N–H and O–H groups in total. The van der Waals surface area contributed by atoms with Crippen molar-refractivity contribution in [2.24, 2.45) is 0 Å². The van der Waals surface area contributed by atoms with E-state index in [2.05, 4.69) is 21.9 Å². The minimum absolute atomic E-state index is 0.746. The summed E-state index contributed by atoms with van der Waals surface area (Å²) in [6, 6.07) is 6.15. The van der Waals surface area contributed by atoms with Crippen molar-refractivity contribution in [2.45, 2.75) is 0 Å². The fourth-order valence-electron chi connectivity index (χ4n) is 1.25. The van der Waals surface area contributed by atoms with E-state index in [4.69, 9.17) is 6.42 Å². The molecule has 0 saturated heterocycles. The van der Waals surface area contributed by atoms with Crippen LogP contribution in [0.3, 0.4) is 0 Å². The van der Waals surface area contributed by atoms with E-state index in [1.165, 1.54) is 5.69 Å². The zero-order chi connectivity index (χ0) is 10.1. The largest absolute Gasteiger partial charge is 0.378 e. The number of hydrogen-bond acceptors (Lipinski definition) is 3. The molecule has 0 radical (unpaired) electrons. The van der Waals surface area contributed by atoms with Crippen LogP contribution >= 0.6 is 11.3 Å². The Bertz CT molecular complexity index is 505. The number of thiazole rings is 1. The summed E-state index contributed by atoms with van der Waals surface area (Å²) in [4.78, 5) is 6.36. The Morgan fingerprint density at radius 1 is 1.43 bits per heavy atom. The fraction of sp³-hybridized carbons (Fsp3) is 0.182. The topological polar surface area (TPSA) is 16.1 Å². The first kappa shape index (κ1) is 9.04. The zero-order valence-corrected chi connectivity index (χ0v) is 8.93. The highest BCUT2D eigenvalue weighted by molar-refractivity contribution is 7.19. The van der Waals surface area contributed by atoms with Crippen LogP contribution in [0.1, 0.15) is 5.01 Å². The van der Waals surface area contributed by atoms with Crippen LogP contribution in [-0.2, 0) is 0 Å². The molecule has 0 bridgehead atoms. The van der Waals surface area contributed by atoms with Gasteiger partial charge < -0.3 is 4.90 Å². The van der Waals surface area contributed by atoms with E-state index in [0.717, 1.165) is 15.2 Å². The van der Waals surface area contributed by atoms with Crippen molar-refractivity contribution in [3.05, 3.63) is 23.2 Å². The summed E-state index contributed by atoms with van der Waals surface area (Å²) in [6.07, 6.45) is 5.30. The molecule has 0 amide bonds. The van der Waals surface area contributed by atoms with Gasteiger partial charge in [-0.25, -0.2) is 4.98 Å². The first-order valence-corrected chi connectivity index (χ1v) is 5.07. The number of rotatable bonds is 1. The summed E-state index contributed by atoms with van der Waals surface area (Å²) in [5.41, 5.74) is 2.15. The summed E-state index contributed by atoms with van der Waals surface area (Å²) in [6.45, 7) is 0. The summed E-state index contributed by atoms with van der Waals surface area (Å²) >= 11 is 1.55. The van der Waals surface area contributed by atoms with Crippen molar-refractivity contribution in [1.29, 1.82) is 0 Å². The van der Waals surface area contributed by atoms with Crippen LogP contribution in [0.2, 0.25) is 0 Å². The van der Waals surface area contributed by atoms with Crippen molar-refractivity contribution in [3.63, 3.8) is 0 Å². The first-order valence-electron chi connectivity index (χ1n) is 4.25. The highest BCUT2D eigenvalue weighted by Crippen LogP contribution is 2.25. The molecule has 1 heterocycles. The number of hydrogen-bond donors (Lipinski definition) is 0. The monoisotopic (exact) mass is 202 g/mol. The lowest BCUT2D eigenvalue weighted by Gasteiger charge is -2.11. The van der Waals surface area contributed by atoms with E-state index in [9.17, 15) is 0 Å². The Morgan fingerprint density at radius 3 is 2.86 bits per heavy atom. The SMILES string of the molecule is C#Cc1nc2ccc(N(C)C)cc2s1. The maximum absolute atomic E-state index is 5.30. The van der Waals surface area contributed by atoms with Gasteiger partial charge in [0.1, 0.15) is 0 Å². The predicted molar refractivity (Wildman–Crippen MR) is 61.9 cm³/mol. The second-order valence-electron chi connectivity index (χ2n) is 3.21. The van der Waals surface area contributed by atoms with Gasteiger partial charge in [0.05, 0.1) is 10.2 Å². The molecule has 0 saturated carbocycles. The number of fused-ring (bicyclic) bond motifs is 1. The van der Waals surface area contributed by atoms with Crippen LogP contribution in [0.4, 0.5) is 5.69 Å². The lowest BCUT2D eigenvalue weighted by molar-refractivity contribution is 1.14. The Morgan fingerprint density at radius 2 is 2.21 bits per heavy atom. The predicted octanol–water partition coefficient (Wildman–Crippen LogP) is 2.34. The van der Waals surface area contributed by atoms with E-state index < -0.39 is 0 Å². The summed E-state index contributed by atoms with van der Waals surface area (Å²) < 4.78 is 1.14. The van der Waals surface area contributed by atoms with Gasteiger partial charge in [0, 0.05) is 19.8 Å². The molecule has 0 atom stereocenters. The quantitative estimate of drug-likeness (QED) is 0.660. The van der Waals surface area contributed by atoms with E-state index in [0.29, 0.717) is 0 Å². The number of benzene rings is 1. The Hall–Kier alpha value is -1.53. The lowest BCUT2D eigenvalue weighted by Crippen LogP contribution is -2.07. The molecule has 70 valence electrons. The Kier molecular flexibility index (Phi) is 2.14. The second-order valence-corrected chi connectivity index (χ2v) is 4.24. The molecule has 1 aromatic heterocycles. The molecule has 14 heavy (non-hydrogen) atoms. The highest BCUT2D eigenvalue weighted by Gasteiger charge is 2.03. The number of terminal acetylenes is 1.